The first-order chi connectivity index (χ1) is 7.19. The predicted molar refractivity (Wildman–Crippen MR) is 71.1 cm³/mol. The van der Waals surface area contributed by atoms with Crippen LogP contribution in [0, 0.1) is 5.92 Å². The Labute approximate surface area is 109 Å². The molecule has 0 spiro atoms. The Balaban J connectivity index is 1.92. The number of halogens is 2. The lowest BCUT2D eigenvalue weighted by Crippen LogP contribution is -2.20. The van der Waals surface area contributed by atoms with Gasteiger partial charge in [0.25, 0.3) is 0 Å². The average Bonchev–Trinajstić information content (AvgIpc) is 2.73. The number of nitrogens with zero attached hydrogens (tertiary/aromatic N) is 1. The molecule has 0 aromatic carbocycles. The normalized spacial score (nSPS) is 27.4. The summed E-state index contributed by atoms with van der Waals surface area (Å²) in [4.78, 5) is 3.17. The van der Waals surface area contributed by atoms with Crippen molar-refractivity contribution in [3.8, 4) is 0 Å². The lowest BCUT2D eigenvalue weighted by molar-refractivity contribution is 0.316. The monoisotopic (exact) mass is 307 g/mol. The zero-order valence-corrected chi connectivity index (χ0v) is 11.9. The zero-order valence-electron chi connectivity index (χ0n) is 8.75. The molecular weight excluding hydrogens is 294 g/mol. The van der Waals surface area contributed by atoms with Gasteiger partial charge in [0.1, 0.15) is 0 Å². The van der Waals surface area contributed by atoms with Gasteiger partial charge in [0.05, 0.1) is 4.34 Å². The minimum Gasteiger partial charge on any atom is -0.298 e. The fraction of sp³-hybridized carbons (Fsp3) is 0.636. The van der Waals surface area contributed by atoms with E-state index in [2.05, 4.69) is 39.2 Å². The molecule has 0 bridgehead atoms. The van der Waals surface area contributed by atoms with E-state index in [1.165, 1.54) is 18.5 Å². The maximum atomic E-state index is 5.92. The highest BCUT2D eigenvalue weighted by molar-refractivity contribution is 9.09. The molecule has 2 unspecified atom stereocenters. The number of rotatable bonds is 3. The quantitative estimate of drug-likeness (QED) is 0.763. The van der Waals surface area contributed by atoms with Crippen molar-refractivity contribution in [1.29, 1.82) is 0 Å². The summed E-state index contributed by atoms with van der Waals surface area (Å²) < 4.78 is 0.895. The highest BCUT2D eigenvalue weighted by Gasteiger charge is 2.29. The van der Waals surface area contributed by atoms with E-state index in [0.29, 0.717) is 4.83 Å². The maximum Gasteiger partial charge on any atom is 0.0931 e. The van der Waals surface area contributed by atoms with E-state index in [4.69, 9.17) is 11.6 Å². The Hall–Kier alpha value is 0.430. The fourth-order valence-electron chi connectivity index (χ4n) is 2.12. The molecule has 1 aromatic rings. The van der Waals surface area contributed by atoms with E-state index >= 15 is 0 Å². The van der Waals surface area contributed by atoms with Gasteiger partial charge < -0.3 is 0 Å². The standard InChI is InChI=1S/C11H15BrClNS/c1-2-9-5-14(6-10(9)12)4-8-3-11(13)15-7-8/h3,7,9-10H,2,4-6H2,1H3. The summed E-state index contributed by atoms with van der Waals surface area (Å²) in [6.07, 6.45) is 1.26. The topological polar surface area (TPSA) is 3.24 Å². The second-order valence-corrected chi connectivity index (χ2v) is 6.86. The molecule has 1 aromatic heterocycles. The van der Waals surface area contributed by atoms with Crippen molar-refractivity contribution in [1.82, 2.24) is 4.90 Å². The van der Waals surface area contributed by atoms with E-state index in [1.807, 2.05) is 0 Å². The molecule has 1 saturated heterocycles. The number of likely N-dealkylation sites (tertiary alicyclic amines) is 1. The number of alkyl halides is 1. The molecule has 2 rings (SSSR count). The van der Waals surface area contributed by atoms with Crippen LogP contribution < -0.4 is 0 Å². The van der Waals surface area contributed by atoms with Crippen LogP contribution in [0.2, 0.25) is 4.34 Å². The van der Waals surface area contributed by atoms with Gasteiger partial charge in [-0.25, -0.2) is 0 Å². The minimum atomic E-state index is 0.664. The van der Waals surface area contributed by atoms with Crippen LogP contribution in [-0.2, 0) is 6.54 Å². The van der Waals surface area contributed by atoms with Crippen molar-refractivity contribution in [3.63, 3.8) is 0 Å². The van der Waals surface area contributed by atoms with E-state index < -0.39 is 0 Å². The summed E-state index contributed by atoms with van der Waals surface area (Å²) in [7, 11) is 0. The SMILES string of the molecule is CCC1CN(Cc2csc(Cl)c2)CC1Br. The second kappa shape index (κ2) is 5.17. The molecular formula is C11H15BrClNS. The van der Waals surface area contributed by atoms with E-state index in [-0.39, 0.29) is 0 Å². The van der Waals surface area contributed by atoms with Gasteiger partial charge in [-0.1, -0.05) is 40.9 Å². The van der Waals surface area contributed by atoms with Crippen molar-refractivity contribution < 1.29 is 0 Å². The molecule has 84 valence electrons. The van der Waals surface area contributed by atoms with Crippen LogP contribution in [0.5, 0.6) is 0 Å². The molecule has 2 heterocycles. The van der Waals surface area contributed by atoms with Crippen LogP contribution in [0.4, 0.5) is 0 Å². The molecule has 1 aliphatic rings. The highest BCUT2D eigenvalue weighted by Crippen LogP contribution is 2.28. The Bertz CT molecular complexity index is 328. The van der Waals surface area contributed by atoms with Crippen molar-refractivity contribution >= 4 is 38.9 Å². The summed E-state index contributed by atoms with van der Waals surface area (Å²) in [6.45, 7) is 5.68. The summed E-state index contributed by atoms with van der Waals surface area (Å²) in [5, 5.41) is 2.16. The van der Waals surface area contributed by atoms with Gasteiger partial charge in [-0.05, 0) is 22.9 Å². The summed E-state index contributed by atoms with van der Waals surface area (Å²) >= 11 is 11.3. The Morgan fingerprint density at radius 1 is 1.60 bits per heavy atom. The first-order valence-corrected chi connectivity index (χ1v) is 7.45. The highest BCUT2D eigenvalue weighted by atomic mass is 79.9. The van der Waals surface area contributed by atoms with Gasteiger partial charge >= 0.3 is 0 Å². The number of hydrogen-bond donors (Lipinski definition) is 0. The van der Waals surface area contributed by atoms with E-state index in [1.54, 1.807) is 11.3 Å². The largest absolute Gasteiger partial charge is 0.298 e. The molecule has 2 atom stereocenters. The Morgan fingerprint density at radius 3 is 2.93 bits per heavy atom. The van der Waals surface area contributed by atoms with E-state index in [0.717, 1.165) is 23.3 Å². The zero-order chi connectivity index (χ0) is 10.8. The average molecular weight is 309 g/mol. The molecule has 0 amide bonds. The summed E-state index contributed by atoms with van der Waals surface area (Å²) in [6, 6.07) is 2.08. The summed E-state index contributed by atoms with van der Waals surface area (Å²) in [5.74, 6) is 0.805. The molecule has 0 aliphatic carbocycles. The third kappa shape index (κ3) is 2.96. The van der Waals surface area contributed by atoms with Crippen LogP contribution in [0.25, 0.3) is 0 Å². The van der Waals surface area contributed by atoms with Gasteiger partial charge in [0.15, 0.2) is 0 Å². The third-order valence-electron chi connectivity index (χ3n) is 2.99. The predicted octanol–water partition coefficient (Wildman–Crippen LogP) is 4.01. The molecule has 0 N–H and O–H groups in total. The minimum absolute atomic E-state index is 0.664. The maximum absolute atomic E-state index is 5.92. The van der Waals surface area contributed by atoms with Crippen LogP contribution >= 0.6 is 38.9 Å². The third-order valence-corrected chi connectivity index (χ3v) is 5.17. The fourth-order valence-corrected chi connectivity index (χ4v) is 3.97. The van der Waals surface area contributed by atoms with Gasteiger partial charge in [-0.15, -0.1) is 11.3 Å². The number of thiophene rings is 1. The summed E-state index contributed by atoms with van der Waals surface area (Å²) in [5.41, 5.74) is 1.35. The Morgan fingerprint density at radius 2 is 2.40 bits per heavy atom. The van der Waals surface area contributed by atoms with Crippen LogP contribution in [0.15, 0.2) is 11.4 Å². The molecule has 0 radical (unpaired) electrons. The second-order valence-electron chi connectivity index (χ2n) is 4.14. The number of hydrogen-bond acceptors (Lipinski definition) is 2. The van der Waals surface area contributed by atoms with Crippen molar-refractivity contribution in [2.45, 2.75) is 24.7 Å². The molecule has 15 heavy (non-hydrogen) atoms. The van der Waals surface area contributed by atoms with Crippen LogP contribution in [0.3, 0.4) is 0 Å². The molecule has 0 saturated carbocycles. The smallest absolute Gasteiger partial charge is 0.0931 e. The van der Waals surface area contributed by atoms with Crippen LogP contribution in [0.1, 0.15) is 18.9 Å². The van der Waals surface area contributed by atoms with Gasteiger partial charge in [0, 0.05) is 24.5 Å². The molecule has 4 heteroatoms. The first-order valence-electron chi connectivity index (χ1n) is 5.28. The van der Waals surface area contributed by atoms with Crippen molar-refractivity contribution in [2.75, 3.05) is 13.1 Å². The van der Waals surface area contributed by atoms with Gasteiger partial charge in [0.2, 0.25) is 0 Å². The van der Waals surface area contributed by atoms with Crippen molar-refractivity contribution in [3.05, 3.63) is 21.3 Å². The van der Waals surface area contributed by atoms with Crippen LogP contribution in [-0.4, -0.2) is 22.8 Å². The lowest BCUT2D eigenvalue weighted by Gasteiger charge is -2.13. The van der Waals surface area contributed by atoms with Crippen molar-refractivity contribution in [2.24, 2.45) is 5.92 Å². The van der Waals surface area contributed by atoms with Gasteiger partial charge in [-0.2, -0.15) is 0 Å². The first kappa shape index (κ1) is 11.9. The molecule has 1 aliphatic heterocycles. The van der Waals surface area contributed by atoms with Gasteiger partial charge in [-0.3, -0.25) is 4.90 Å². The Kier molecular flexibility index (Phi) is 4.10. The molecule has 1 fully saturated rings. The van der Waals surface area contributed by atoms with E-state index in [9.17, 15) is 0 Å². The lowest BCUT2D eigenvalue weighted by atomic mass is 10.1. The molecule has 1 nitrogen and oxygen atoms in total.